The van der Waals surface area contributed by atoms with E-state index in [1.807, 2.05) is 0 Å². The van der Waals surface area contributed by atoms with Crippen LogP contribution in [0.15, 0.2) is 36.4 Å². The highest BCUT2D eigenvalue weighted by Crippen LogP contribution is 2.25. The van der Waals surface area contributed by atoms with Crippen LogP contribution in [0.2, 0.25) is 5.02 Å². The van der Waals surface area contributed by atoms with E-state index in [1.54, 1.807) is 26.0 Å². The minimum Gasteiger partial charge on any atom is -0.462 e. The van der Waals surface area contributed by atoms with Crippen molar-refractivity contribution >= 4 is 44.9 Å². The number of carbonyl (C=O) groups excluding carboxylic acids is 2. The first-order chi connectivity index (χ1) is 12.6. The van der Waals surface area contributed by atoms with Crippen molar-refractivity contribution in [2.45, 2.75) is 13.8 Å². The zero-order chi connectivity index (χ0) is 20.2. The van der Waals surface area contributed by atoms with Crippen molar-refractivity contribution in [2.24, 2.45) is 0 Å². The highest BCUT2D eigenvalue weighted by Gasteiger charge is 2.14. The van der Waals surface area contributed by atoms with E-state index in [0.717, 1.165) is 11.8 Å². The summed E-state index contributed by atoms with van der Waals surface area (Å²) in [5.74, 6) is -0.931. The molecule has 2 rings (SSSR count). The third-order valence-electron chi connectivity index (χ3n) is 3.52. The van der Waals surface area contributed by atoms with E-state index >= 15 is 0 Å². The lowest BCUT2D eigenvalue weighted by atomic mass is 10.1. The van der Waals surface area contributed by atoms with E-state index in [9.17, 15) is 18.0 Å². The van der Waals surface area contributed by atoms with Crippen LogP contribution in [0.1, 0.15) is 33.2 Å². The SMILES string of the molecule is CCOC(=O)c1ccc(C)c(NC(=O)c2ccc(NS(C)(=O)=O)c(Cl)c2)c1. The van der Waals surface area contributed by atoms with Gasteiger partial charge in [0, 0.05) is 11.3 Å². The molecule has 0 atom stereocenters. The number of sulfonamides is 1. The number of aryl methyl sites for hydroxylation is 1. The van der Waals surface area contributed by atoms with Crippen molar-refractivity contribution in [3.8, 4) is 0 Å². The summed E-state index contributed by atoms with van der Waals surface area (Å²) in [4.78, 5) is 24.3. The quantitative estimate of drug-likeness (QED) is 0.710. The van der Waals surface area contributed by atoms with Gasteiger partial charge in [-0.25, -0.2) is 13.2 Å². The molecule has 9 heteroatoms. The van der Waals surface area contributed by atoms with E-state index in [4.69, 9.17) is 16.3 Å². The zero-order valence-electron chi connectivity index (χ0n) is 15.0. The number of hydrogen-bond acceptors (Lipinski definition) is 5. The molecule has 0 heterocycles. The number of rotatable bonds is 6. The lowest BCUT2D eigenvalue weighted by molar-refractivity contribution is 0.0526. The zero-order valence-corrected chi connectivity index (χ0v) is 16.6. The minimum absolute atomic E-state index is 0.0880. The van der Waals surface area contributed by atoms with Crippen molar-refractivity contribution in [1.82, 2.24) is 0 Å². The predicted molar refractivity (Wildman–Crippen MR) is 105 cm³/mol. The summed E-state index contributed by atoms with van der Waals surface area (Å²) < 4.78 is 29.8. The summed E-state index contributed by atoms with van der Waals surface area (Å²) in [7, 11) is -3.48. The molecule has 0 aromatic heterocycles. The van der Waals surface area contributed by atoms with Gasteiger partial charge in [-0.1, -0.05) is 17.7 Å². The summed E-state index contributed by atoms with van der Waals surface area (Å²) >= 11 is 6.05. The second-order valence-corrected chi connectivity index (χ2v) is 7.93. The monoisotopic (exact) mass is 410 g/mol. The van der Waals surface area contributed by atoms with Gasteiger partial charge in [0.2, 0.25) is 10.0 Å². The van der Waals surface area contributed by atoms with Crippen LogP contribution in [0.4, 0.5) is 11.4 Å². The maximum absolute atomic E-state index is 12.5. The van der Waals surface area contributed by atoms with Crippen LogP contribution >= 0.6 is 11.6 Å². The van der Waals surface area contributed by atoms with Gasteiger partial charge in [-0.15, -0.1) is 0 Å². The molecule has 0 aliphatic heterocycles. The summed E-state index contributed by atoms with van der Waals surface area (Å²) in [6.45, 7) is 3.75. The molecule has 0 aliphatic carbocycles. The summed E-state index contributed by atoms with van der Waals surface area (Å²) in [6.07, 6.45) is 1.00. The van der Waals surface area contributed by atoms with Gasteiger partial charge >= 0.3 is 5.97 Å². The third-order valence-corrected chi connectivity index (χ3v) is 4.43. The average molecular weight is 411 g/mol. The van der Waals surface area contributed by atoms with E-state index in [0.29, 0.717) is 11.3 Å². The number of halogens is 1. The van der Waals surface area contributed by atoms with Crippen molar-refractivity contribution < 1.29 is 22.7 Å². The maximum atomic E-state index is 12.5. The molecule has 0 saturated heterocycles. The lowest BCUT2D eigenvalue weighted by Crippen LogP contribution is -2.15. The summed E-state index contributed by atoms with van der Waals surface area (Å²) in [6, 6.07) is 9.06. The Hall–Kier alpha value is -2.58. The maximum Gasteiger partial charge on any atom is 0.338 e. The highest BCUT2D eigenvalue weighted by atomic mass is 35.5. The van der Waals surface area contributed by atoms with Crippen molar-refractivity contribution in [3.63, 3.8) is 0 Å². The number of amides is 1. The van der Waals surface area contributed by atoms with Gasteiger partial charge in [-0.2, -0.15) is 0 Å². The molecule has 144 valence electrons. The van der Waals surface area contributed by atoms with Crippen molar-refractivity contribution in [1.29, 1.82) is 0 Å². The Morgan fingerprint density at radius 1 is 1.07 bits per heavy atom. The first kappa shape index (κ1) is 20.7. The molecule has 0 fully saturated rings. The fourth-order valence-electron chi connectivity index (χ4n) is 2.23. The standard InChI is InChI=1S/C18H19ClN2O5S/c1-4-26-18(23)13-6-5-11(2)16(10-13)20-17(22)12-7-8-15(14(19)9-12)21-27(3,24)25/h5-10,21H,4H2,1-3H3,(H,20,22). The number of carbonyl (C=O) groups is 2. The number of ether oxygens (including phenoxy) is 1. The average Bonchev–Trinajstić information content (AvgIpc) is 2.57. The predicted octanol–water partition coefficient (Wildman–Crippen LogP) is 3.45. The van der Waals surface area contributed by atoms with Crippen molar-refractivity contribution in [3.05, 3.63) is 58.1 Å². The lowest BCUT2D eigenvalue weighted by Gasteiger charge is -2.12. The van der Waals surface area contributed by atoms with Crippen LogP contribution in [0, 0.1) is 6.92 Å². The molecular formula is C18H19ClN2O5S. The molecule has 27 heavy (non-hydrogen) atoms. The number of esters is 1. The number of nitrogens with one attached hydrogen (secondary N) is 2. The van der Waals surface area contributed by atoms with Crippen LogP contribution < -0.4 is 10.0 Å². The molecule has 2 aromatic carbocycles. The molecular weight excluding hydrogens is 392 g/mol. The van der Waals surface area contributed by atoms with E-state index < -0.39 is 21.9 Å². The first-order valence-corrected chi connectivity index (χ1v) is 10.2. The van der Waals surface area contributed by atoms with Gasteiger partial charge in [0.1, 0.15) is 0 Å². The molecule has 0 aliphatic rings. The highest BCUT2D eigenvalue weighted by molar-refractivity contribution is 7.92. The Kier molecular flexibility index (Phi) is 6.45. The van der Waals surface area contributed by atoms with Crippen molar-refractivity contribution in [2.75, 3.05) is 22.9 Å². The van der Waals surface area contributed by atoms with Crippen LogP contribution in [0.5, 0.6) is 0 Å². The normalized spacial score (nSPS) is 11.0. The largest absolute Gasteiger partial charge is 0.462 e. The summed E-state index contributed by atoms with van der Waals surface area (Å²) in [5.41, 5.74) is 1.96. The van der Waals surface area contributed by atoms with Crippen LogP contribution in [0.3, 0.4) is 0 Å². The second kappa shape index (κ2) is 8.41. The van der Waals surface area contributed by atoms with Crippen LogP contribution in [0.25, 0.3) is 0 Å². The van der Waals surface area contributed by atoms with E-state index in [1.165, 1.54) is 24.3 Å². The molecule has 0 spiro atoms. The first-order valence-electron chi connectivity index (χ1n) is 7.97. The molecule has 0 unspecified atom stereocenters. The number of anilines is 2. The molecule has 2 N–H and O–H groups in total. The Morgan fingerprint density at radius 3 is 2.33 bits per heavy atom. The third kappa shape index (κ3) is 5.70. The molecule has 1 amide bonds. The fourth-order valence-corrected chi connectivity index (χ4v) is 3.09. The topological polar surface area (TPSA) is 102 Å². The van der Waals surface area contributed by atoms with Crippen LogP contribution in [-0.4, -0.2) is 33.2 Å². The Morgan fingerprint density at radius 2 is 1.74 bits per heavy atom. The van der Waals surface area contributed by atoms with Gasteiger partial charge in [0.15, 0.2) is 0 Å². The molecule has 0 saturated carbocycles. The van der Waals surface area contributed by atoms with Gasteiger partial charge in [-0.3, -0.25) is 9.52 Å². The summed E-state index contributed by atoms with van der Waals surface area (Å²) in [5, 5.41) is 2.80. The molecule has 0 bridgehead atoms. The number of benzene rings is 2. The molecule has 7 nitrogen and oxygen atoms in total. The number of hydrogen-bond donors (Lipinski definition) is 2. The van der Waals surface area contributed by atoms with E-state index in [-0.39, 0.29) is 22.9 Å². The van der Waals surface area contributed by atoms with Gasteiger partial charge in [-0.05, 0) is 49.7 Å². The van der Waals surface area contributed by atoms with Crippen LogP contribution in [-0.2, 0) is 14.8 Å². The smallest absolute Gasteiger partial charge is 0.338 e. The van der Waals surface area contributed by atoms with Gasteiger partial charge in [0.05, 0.1) is 29.1 Å². The Bertz CT molecular complexity index is 989. The molecule has 0 radical (unpaired) electrons. The molecule has 2 aromatic rings. The Labute approximate surface area is 162 Å². The second-order valence-electron chi connectivity index (χ2n) is 5.77. The van der Waals surface area contributed by atoms with Gasteiger partial charge < -0.3 is 10.1 Å². The minimum atomic E-state index is -3.48. The fraction of sp³-hybridized carbons (Fsp3) is 0.222. The van der Waals surface area contributed by atoms with E-state index in [2.05, 4.69) is 10.0 Å². The Balaban J connectivity index is 2.23. The van der Waals surface area contributed by atoms with Gasteiger partial charge in [0.25, 0.3) is 5.91 Å².